The van der Waals surface area contributed by atoms with Gasteiger partial charge in [0.25, 0.3) is 0 Å². The number of amides is 1. The van der Waals surface area contributed by atoms with Crippen LogP contribution in [0.25, 0.3) is 0 Å². The molecule has 1 aromatic carbocycles. The molecule has 1 heterocycles. The molecule has 128 valence electrons. The largest absolute Gasteiger partial charge is 0.343 e. The highest BCUT2D eigenvalue weighted by Gasteiger charge is 2.24. The zero-order valence-electron chi connectivity index (χ0n) is 15.0. The number of thioether (sulfide) groups is 1. The van der Waals surface area contributed by atoms with Gasteiger partial charge in [0.1, 0.15) is 0 Å². The number of nitrogens with zero attached hydrogens (tertiary/aromatic N) is 2. The standard InChI is InChI=1S/C19H30N2OS/c1-5-21-11-8-17(9-12-21)20(4)19(22)10-13-23-18-7-6-15(2)16(3)14-18/h6-7,14,17H,5,8-13H2,1-4H3. The smallest absolute Gasteiger partial charge is 0.223 e. The van der Waals surface area contributed by atoms with E-state index in [-0.39, 0.29) is 5.91 Å². The van der Waals surface area contributed by atoms with Gasteiger partial charge in [0.15, 0.2) is 0 Å². The van der Waals surface area contributed by atoms with E-state index in [9.17, 15) is 4.79 Å². The molecule has 0 atom stereocenters. The van der Waals surface area contributed by atoms with E-state index < -0.39 is 0 Å². The van der Waals surface area contributed by atoms with Crippen molar-refractivity contribution in [2.45, 2.75) is 51.0 Å². The van der Waals surface area contributed by atoms with E-state index in [2.05, 4.69) is 43.9 Å². The molecule has 1 aliphatic heterocycles. The summed E-state index contributed by atoms with van der Waals surface area (Å²) in [7, 11) is 1.98. The first-order valence-electron chi connectivity index (χ1n) is 8.69. The first-order chi connectivity index (χ1) is 11.0. The zero-order chi connectivity index (χ0) is 16.8. The van der Waals surface area contributed by atoms with E-state index in [0.717, 1.165) is 38.2 Å². The van der Waals surface area contributed by atoms with Gasteiger partial charge < -0.3 is 9.80 Å². The molecular formula is C19H30N2OS. The van der Waals surface area contributed by atoms with Crippen LogP contribution in [0.2, 0.25) is 0 Å². The molecule has 3 nitrogen and oxygen atoms in total. The van der Waals surface area contributed by atoms with Gasteiger partial charge >= 0.3 is 0 Å². The SMILES string of the molecule is CCN1CCC(N(C)C(=O)CCSc2ccc(C)c(C)c2)CC1. The second kappa shape index (κ2) is 8.74. The fraction of sp³-hybridized carbons (Fsp3) is 0.632. The molecule has 0 spiro atoms. The molecule has 0 saturated carbocycles. The van der Waals surface area contributed by atoms with Gasteiger partial charge in [-0.05, 0) is 56.5 Å². The van der Waals surface area contributed by atoms with Crippen LogP contribution in [0.4, 0.5) is 0 Å². The number of likely N-dealkylation sites (tertiary alicyclic amines) is 1. The Hall–Kier alpha value is -1.00. The van der Waals surface area contributed by atoms with Crippen molar-refractivity contribution in [2.75, 3.05) is 32.4 Å². The van der Waals surface area contributed by atoms with Crippen molar-refractivity contribution in [3.05, 3.63) is 29.3 Å². The third-order valence-electron chi connectivity index (χ3n) is 5.01. The van der Waals surface area contributed by atoms with Crippen LogP contribution in [0.5, 0.6) is 0 Å². The molecule has 1 amide bonds. The molecule has 0 radical (unpaired) electrons. The van der Waals surface area contributed by atoms with Crippen molar-refractivity contribution in [2.24, 2.45) is 0 Å². The molecule has 1 saturated heterocycles. The van der Waals surface area contributed by atoms with Crippen LogP contribution >= 0.6 is 11.8 Å². The number of hydrogen-bond donors (Lipinski definition) is 0. The van der Waals surface area contributed by atoms with E-state index in [1.54, 1.807) is 11.8 Å². The minimum absolute atomic E-state index is 0.288. The molecular weight excluding hydrogens is 304 g/mol. The third kappa shape index (κ3) is 5.25. The van der Waals surface area contributed by atoms with Crippen LogP contribution in [0.3, 0.4) is 0 Å². The molecule has 4 heteroatoms. The Morgan fingerprint density at radius 3 is 2.57 bits per heavy atom. The Kier molecular flexibility index (Phi) is 6.97. The molecule has 23 heavy (non-hydrogen) atoms. The Bertz CT molecular complexity index is 524. The van der Waals surface area contributed by atoms with Gasteiger partial charge in [0, 0.05) is 43.2 Å². The summed E-state index contributed by atoms with van der Waals surface area (Å²) in [5, 5.41) is 0. The highest BCUT2D eigenvalue weighted by atomic mass is 32.2. The number of benzene rings is 1. The van der Waals surface area contributed by atoms with Gasteiger partial charge in [-0.15, -0.1) is 11.8 Å². The van der Waals surface area contributed by atoms with E-state index in [0.29, 0.717) is 12.5 Å². The number of aryl methyl sites for hydroxylation is 2. The third-order valence-corrected chi connectivity index (χ3v) is 6.00. The first kappa shape index (κ1) is 18.3. The molecule has 0 N–H and O–H groups in total. The van der Waals surface area contributed by atoms with Crippen LogP contribution in [0.1, 0.15) is 37.3 Å². The molecule has 0 aromatic heterocycles. The van der Waals surface area contributed by atoms with Crippen molar-refractivity contribution < 1.29 is 4.79 Å². The fourth-order valence-electron chi connectivity index (χ4n) is 3.06. The van der Waals surface area contributed by atoms with E-state index >= 15 is 0 Å². The summed E-state index contributed by atoms with van der Waals surface area (Å²) in [6.45, 7) is 9.84. The molecule has 0 aliphatic carbocycles. The summed E-state index contributed by atoms with van der Waals surface area (Å²) in [4.78, 5) is 18.1. The fourth-order valence-corrected chi connectivity index (χ4v) is 4.00. The lowest BCUT2D eigenvalue weighted by Crippen LogP contribution is -2.45. The van der Waals surface area contributed by atoms with Crippen LogP contribution in [-0.4, -0.2) is 54.2 Å². The summed E-state index contributed by atoms with van der Waals surface area (Å²) in [5.41, 5.74) is 2.64. The monoisotopic (exact) mass is 334 g/mol. The van der Waals surface area contributed by atoms with E-state index in [4.69, 9.17) is 0 Å². The molecule has 1 fully saturated rings. The molecule has 1 aromatic rings. The predicted octanol–water partition coefficient (Wildman–Crippen LogP) is 3.73. The summed E-state index contributed by atoms with van der Waals surface area (Å²) in [6, 6.07) is 6.96. The van der Waals surface area contributed by atoms with Crippen molar-refractivity contribution >= 4 is 17.7 Å². The van der Waals surface area contributed by atoms with Gasteiger partial charge in [-0.3, -0.25) is 4.79 Å². The topological polar surface area (TPSA) is 23.6 Å². The minimum Gasteiger partial charge on any atom is -0.343 e. The Labute approximate surface area is 145 Å². The zero-order valence-corrected chi connectivity index (χ0v) is 15.8. The van der Waals surface area contributed by atoms with Crippen molar-refractivity contribution in [1.29, 1.82) is 0 Å². The van der Waals surface area contributed by atoms with E-state index in [1.165, 1.54) is 16.0 Å². The van der Waals surface area contributed by atoms with Gasteiger partial charge in [0.05, 0.1) is 0 Å². The lowest BCUT2D eigenvalue weighted by Gasteiger charge is -2.36. The average molecular weight is 335 g/mol. The molecule has 2 rings (SSSR count). The van der Waals surface area contributed by atoms with Gasteiger partial charge in [0.2, 0.25) is 5.91 Å². The van der Waals surface area contributed by atoms with Gasteiger partial charge in [-0.2, -0.15) is 0 Å². The minimum atomic E-state index is 0.288. The van der Waals surface area contributed by atoms with Crippen molar-refractivity contribution in [3.8, 4) is 0 Å². The quantitative estimate of drug-likeness (QED) is 0.741. The summed E-state index contributed by atoms with van der Waals surface area (Å²) in [6.07, 6.45) is 2.85. The van der Waals surface area contributed by atoms with Crippen LogP contribution in [0, 0.1) is 13.8 Å². The predicted molar refractivity (Wildman–Crippen MR) is 99.2 cm³/mol. The maximum atomic E-state index is 12.4. The maximum Gasteiger partial charge on any atom is 0.223 e. The number of carbonyl (C=O) groups is 1. The summed E-state index contributed by atoms with van der Waals surface area (Å²) in [5.74, 6) is 1.15. The number of rotatable bonds is 6. The Morgan fingerprint density at radius 1 is 1.26 bits per heavy atom. The Morgan fingerprint density at radius 2 is 1.96 bits per heavy atom. The highest BCUT2D eigenvalue weighted by Crippen LogP contribution is 2.22. The lowest BCUT2D eigenvalue weighted by atomic mass is 10.0. The van der Waals surface area contributed by atoms with Crippen LogP contribution in [0.15, 0.2) is 23.1 Å². The molecule has 0 bridgehead atoms. The van der Waals surface area contributed by atoms with Gasteiger partial charge in [-0.1, -0.05) is 13.0 Å². The van der Waals surface area contributed by atoms with Gasteiger partial charge in [-0.25, -0.2) is 0 Å². The Balaban J connectivity index is 1.74. The average Bonchev–Trinajstić information content (AvgIpc) is 2.57. The normalized spacial score (nSPS) is 16.5. The second-order valence-corrected chi connectivity index (χ2v) is 7.68. The summed E-state index contributed by atoms with van der Waals surface area (Å²) >= 11 is 1.78. The maximum absolute atomic E-state index is 12.4. The van der Waals surface area contributed by atoms with Crippen LogP contribution in [-0.2, 0) is 4.79 Å². The highest BCUT2D eigenvalue weighted by molar-refractivity contribution is 7.99. The van der Waals surface area contributed by atoms with E-state index in [1.807, 2.05) is 11.9 Å². The molecule has 1 aliphatic rings. The first-order valence-corrected chi connectivity index (χ1v) is 9.68. The number of piperidine rings is 1. The molecule has 0 unspecified atom stereocenters. The van der Waals surface area contributed by atoms with Crippen molar-refractivity contribution in [3.63, 3.8) is 0 Å². The number of hydrogen-bond acceptors (Lipinski definition) is 3. The van der Waals surface area contributed by atoms with Crippen LogP contribution < -0.4 is 0 Å². The number of carbonyl (C=O) groups excluding carboxylic acids is 1. The second-order valence-electron chi connectivity index (χ2n) is 6.51. The van der Waals surface area contributed by atoms with Crippen molar-refractivity contribution in [1.82, 2.24) is 9.80 Å². The summed E-state index contributed by atoms with van der Waals surface area (Å²) < 4.78 is 0. The lowest BCUT2D eigenvalue weighted by molar-refractivity contribution is -0.132.